The Bertz CT molecular complexity index is 1180. The van der Waals surface area contributed by atoms with Crippen LogP contribution in [0, 0.1) is 0 Å². The topological polar surface area (TPSA) is 69.8 Å². The molecule has 0 radical (unpaired) electrons. The molecule has 1 N–H and O–H groups in total. The fraction of sp³-hybridized carbons (Fsp3) is 0.167. The lowest BCUT2D eigenvalue weighted by atomic mass is 10.0. The van der Waals surface area contributed by atoms with Crippen LogP contribution >= 0.6 is 0 Å². The Labute approximate surface area is 174 Å². The predicted octanol–water partition coefficient (Wildman–Crippen LogP) is 4.16. The lowest BCUT2D eigenvalue weighted by Gasteiger charge is -2.36. The van der Waals surface area contributed by atoms with Gasteiger partial charge in [-0.1, -0.05) is 18.2 Å². The van der Waals surface area contributed by atoms with Gasteiger partial charge in [-0.15, -0.1) is 0 Å². The van der Waals surface area contributed by atoms with E-state index in [9.17, 15) is 9.90 Å². The molecule has 0 saturated carbocycles. The van der Waals surface area contributed by atoms with Gasteiger partial charge < -0.3 is 19.3 Å². The maximum Gasteiger partial charge on any atom is 0.254 e. The van der Waals surface area contributed by atoms with Gasteiger partial charge in [-0.25, -0.2) is 4.98 Å². The summed E-state index contributed by atoms with van der Waals surface area (Å²) in [5.74, 6) is 0.906. The summed E-state index contributed by atoms with van der Waals surface area (Å²) in [6.07, 6.45) is 1.61. The lowest BCUT2D eigenvalue weighted by molar-refractivity contribution is 0.0748. The molecular weight excluding hydrogens is 378 g/mol. The van der Waals surface area contributed by atoms with E-state index in [1.54, 1.807) is 18.4 Å². The van der Waals surface area contributed by atoms with E-state index >= 15 is 0 Å². The molecule has 6 heteroatoms. The number of furan rings is 1. The van der Waals surface area contributed by atoms with Gasteiger partial charge in [0, 0.05) is 37.3 Å². The molecule has 3 heterocycles. The van der Waals surface area contributed by atoms with Gasteiger partial charge in [0.05, 0.1) is 17.3 Å². The van der Waals surface area contributed by atoms with Crippen molar-refractivity contribution < 1.29 is 14.3 Å². The molecule has 1 fully saturated rings. The number of hydrogen-bond donors (Lipinski definition) is 1. The normalized spacial score (nSPS) is 14.3. The fourth-order valence-corrected chi connectivity index (χ4v) is 3.90. The summed E-state index contributed by atoms with van der Waals surface area (Å²) in [7, 11) is 0. The van der Waals surface area contributed by atoms with Crippen LogP contribution in [-0.4, -0.2) is 47.1 Å². The number of anilines is 1. The van der Waals surface area contributed by atoms with Crippen LogP contribution in [0.5, 0.6) is 5.75 Å². The van der Waals surface area contributed by atoms with Gasteiger partial charge in [0.15, 0.2) is 5.76 Å². The number of para-hydroxylation sites is 1. The number of hydrogen-bond acceptors (Lipinski definition) is 5. The number of amides is 1. The number of piperazine rings is 1. The first-order valence-corrected chi connectivity index (χ1v) is 9.96. The van der Waals surface area contributed by atoms with E-state index in [1.165, 1.54) is 0 Å². The quantitative estimate of drug-likeness (QED) is 0.560. The summed E-state index contributed by atoms with van der Waals surface area (Å²) in [6.45, 7) is 2.74. The van der Waals surface area contributed by atoms with E-state index in [-0.39, 0.29) is 11.7 Å². The maximum atomic E-state index is 13.4. The van der Waals surface area contributed by atoms with Crippen molar-refractivity contribution in [1.82, 2.24) is 9.88 Å². The Morgan fingerprint density at radius 1 is 0.933 bits per heavy atom. The number of aromatic hydroxyl groups is 1. The predicted molar refractivity (Wildman–Crippen MR) is 116 cm³/mol. The molecule has 0 bridgehead atoms. The van der Waals surface area contributed by atoms with Crippen molar-refractivity contribution in [2.45, 2.75) is 0 Å². The minimum atomic E-state index is 0.00626. The molecule has 1 saturated heterocycles. The summed E-state index contributed by atoms with van der Waals surface area (Å²) in [6, 6.07) is 20.4. The lowest BCUT2D eigenvalue weighted by Crippen LogP contribution is -2.48. The zero-order chi connectivity index (χ0) is 20.5. The van der Waals surface area contributed by atoms with Gasteiger partial charge in [0.25, 0.3) is 5.91 Å². The molecule has 150 valence electrons. The molecule has 0 spiro atoms. The summed E-state index contributed by atoms with van der Waals surface area (Å²) in [5, 5.41) is 10.3. The van der Waals surface area contributed by atoms with Crippen molar-refractivity contribution in [2.24, 2.45) is 0 Å². The molecular formula is C24H21N3O3. The maximum absolute atomic E-state index is 13.4. The van der Waals surface area contributed by atoms with Gasteiger partial charge in [0.1, 0.15) is 11.4 Å². The van der Waals surface area contributed by atoms with Crippen LogP contribution in [-0.2, 0) is 0 Å². The molecule has 6 nitrogen and oxygen atoms in total. The van der Waals surface area contributed by atoms with E-state index < -0.39 is 0 Å². The average molecular weight is 399 g/mol. The number of phenols is 1. The highest BCUT2D eigenvalue weighted by Gasteiger charge is 2.24. The Hall–Kier alpha value is -3.80. The minimum Gasteiger partial charge on any atom is -0.508 e. The third-order valence-corrected chi connectivity index (χ3v) is 5.50. The molecule has 5 rings (SSSR count). The Balaban J connectivity index is 1.42. The van der Waals surface area contributed by atoms with Crippen LogP contribution in [0.25, 0.3) is 22.4 Å². The molecule has 0 atom stereocenters. The highest BCUT2D eigenvalue weighted by molar-refractivity contribution is 6.07. The van der Waals surface area contributed by atoms with E-state index in [1.807, 2.05) is 59.5 Å². The Morgan fingerprint density at radius 2 is 1.70 bits per heavy atom. The van der Waals surface area contributed by atoms with Crippen LogP contribution in [0.4, 0.5) is 5.69 Å². The first-order valence-electron chi connectivity index (χ1n) is 9.96. The van der Waals surface area contributed by atoms with Gasteiger partial charge >= 0.3 is 0 Å². The number of nitrogens with zero attached hydrogens (tertiary/aromatic N) is 3. The molecule has 1 aliphatic rings. The molecule has 1 amide bonds. The first kappa shape index (κ1) is 18.2. The number of rotatable bonds is 3. The Morgan fingerprint density at radius 3 is 2.43 bits per heavy atom. The number of benzene rings is 2. The SMILES string of the molecule is O=C(c1cc(-c2ccco2)nc2ccccc12)N1CCN(c2ccc(O)cc2)CC1. The second-order valence-electron chi connectivity index (χ2n) is 7.35. The van der Waals surface area contributed by atoms with E-state index in [2.05, 4.69) is 9.88 Å². The number of pyridine rings is 1. The second kappa shape index (κ2) is 7.55. The highest BCUT2D eigenvalue weighted by Crippen LogP contribution is 2.27. The minimum absolute atomic E-state index is 0.00626. The van der Waals surface area contributed by atoms with Crippen molar-refractivity contribution in [1.29, 1.82) is 0 Å². The molecule has 1 aliphatic heterocycles. The Kier molecular flexibility index (Phi) is 4.59. The van der Waals surface area contributed by atoms with Gasteiger partial charge in [0.2, 0.25) is 0 Å². The highest BCUT2D eigenvalue weighted by atomic mass is 16.3. The summed E-state index contributed by atoms with van der Waals surface area (Å²) >= 11 is 0. The van der Waals surface area contributed by atoms with Crippen molar-refractivity contribution >= 4 is 22.5 Å². The molecule has 0 unspecified atom stereocenters. The third kappa shape index (κ3) is 3.37. The van der Waals surface area contributed by atoms with E-state index in [0.29, 0.717) is 30.1 Å². The number of phenolic OH excluding ortho intramolecular Hbond substituents is 1. The van der Waals surface area contributed by atoms with Crippen LogP contribution in [0.1, 0.15) is 10.4 Å². The van der Waals surface area contributed by atoms with Crippen molar-refractivity contribution in [3.63, 3.8) is 0 Å². The first-order chi connectivity index (χ1) is 14.7. The van der Waals surface area contributed by atoms with E-state index in [4.69, 9.17) is 4.42 Å². The average Bonchev–Trinajstić information content (AvgIpc) is 3.34. The van der Waals surface area contributed by atoms with Gasteiger partial charge in [-0.2, -0.15) is 0 Å². The van der Waals surface area contributed by atoms with Crippen LogP contribution in [0.2, 0.25) is 0 Å². The van der Waals surface area contributed by atoms with Crippen LogP contribution in [0.3, 0.4) is 0 Å². The number of aromatic nitrogens is 1. The zero-order valence-electron chi connectivity index (χ0n) is 16.4. The molecule has 0 aliphatic carbocycles. The molecule has 30 heavy (non-hydrogen) atoms. The van der Waals surface area contributed by atoms with Crippen LogP contribution in [0.15, 0.2) is 77.4 Å². The van der Waals surface area contributed by atoms with E-state index in [0.717, 1.165) is 29.7 Å². The second-order valence-corrected chi connectivity index (χ2v) is 7.35. The smallest absolute Gasteiger partial charge is 0.254 e. The van der Waals surface area contributed by atoms with Crippen molar-refractivity contribution in [2.75, 3.05) is 31.1 Å². The monoisotopic (exact) mass is 399 g/mol. The largest absolute Gasteiger partial charge is 0.508 e. The fourth-order valence-electron chi connectivity index (χ4n) is 3.90. The third-order valence-electron chi connectivity index (χ3n) is 5.50. The summed E-state index contributed by atoms with van der Waals surface area (Å²) < 4.78 is 5.51. The van der Waals surface area contributed by atoms with Crippen molar-refractivity contribution in [3.8, 4) is 17.2 Å². The van der Waals surface area contributed by atoms with Crippen LogP contribution < -0.4 is 4.90 Å². The number of carbonyl (C=O) groups is 1. The molecule has 2 aromatic heterocycles. The standard InChI is InChI=1S/C24H21N3O3/c28-18-9-7-17(8-10-18)26-11-13-27(14-12-26)24(29)20-16-22(23-6-3-15-30-23)25-21-5-2-1-4-19(20)21/h1-10,15-16,28H,11-14H2. The molecule has 4 aromatic rings. The van der Waals surface area contributed by atoms with Crippen molar-refractivity contribution in [3.05, 3.63) is 78.6 Å². The summed E-state index contributed by atoms with van der Waals surface area (Å²) in [5.41, 5.74) is 3.13. The number of fused-ring (bicyclic) bond motifs is 1. The molecule has 2 aromatic carbocycles. The number of carbonyl (C=O) groups excluding carboxylic acids is 1. The summed E-state index contributed by atoms with van der Waals surface area (Å²) in [4.78, 5) is 22.2. The van der Waals surface area contributed by atoms with Gasteiger partial charge in [-0.3, -0.25) is 4.79 Å². The zero-order valence-corrected chi connectivity index (χ0v) is 16.4. The van der Waals surface area contributed by atoms with Gasteiger partial charge in [-0.05, 0) is 48.5 Å².